The summed E-state index contributed by atoms with van der Waals surface area (Å²) in [7, 11) is 0. The molecule has 1 aromatic rings. The lowest BCUT2D eigenvalue weighted by molar-refractivity contribution is -0.137. The molecule has 0 radical (unpaired) electrons. The molecule has 1 aromatic heterocycles. The average Bonchev–Trinajstić information content (AvgIpc) is 2.83. The van der Waals surface area contributed by atoms with E-state index in [9.17, 15) is 18.0 Å². The smallest absolute Gasteiger partial charge is 0.379 e. The van der Waals surface area contributed by atoms with Gasteiger partial charge in [-0.1, -0.05) is 0 Å². The number of hydrogen-bond acceptors (Lipinski definition) is 5. The number of carbonyl (C=O) groups is 1. The van der Waals surface area contributed by atoms with E-state index in [0.29, 0.717) is 11.3 Å². The summed E-state index contributed by atoms with van der Waals surface area (Å²) in [6.45, 7) is 0.403. The van der Waals surface area contributed by atoms with Crippen molar-refractivity contribution < 1.29 is 22.7 Å². The second-order valence-electron chi connectivity index (χ2n) is 3.70. The van der Waals surface area contributed by atoms with Crippen LogP contribution in [0.25, 0.3) is 0 Å². The maximum atomic E-state index is 12.3. The van der Waals surface area contributed by atoms with Gasteiger partial charge in [-0.3, -0.25) is 4.79 Å². The largest absolute Gasteiger partial charge is 0.443 e. The molecule has 8 heteroatoms. The Balaban J connectivity index is 2.18. The molecule has 2 N–H and O–H groups in total. The van der Waals surface area contributed by atoms with E-state index < -0.39 is 28.9 Å². The molecule has 1 fully saturated rings. The van der Waals surface area contributed by atoms with Crippen molar-refractivity contribution in [1.82, 2.24) is 4.98 Å². The van der Waals surface area contributed by atoms with Crippen LogP contribution in [-0.2, 0) is 10.9 Å². The fourth-order valence-electron chi connectivity index (χ4n) is 1.54. The van der Waals surface area contributed by atoms with E-state index in [0.717, 1.165) is 6.20 Å². The number of carbonyl (C=O) groups excluding carboxylic acids is 1. The van der Waals surface area contributed by atoms with E-state index >= 15 is 0 Å². The summed E-state index contributed by atoms with van der Waals surface area (Å²) < 4.78 is 41.9. The standard InChI is InChI=1S/C9H9F3N2O2S/c10-9(11,12)8-14-1-6(17-8)7(15)4-2-16-3-5(4)13/h1,4-5H,2-3,13H2. The van der Waals surface area contributed by atoms with E-state index in [1.807, 2.05) is 0 Å². The first-order chi connectivity index (χ1) is 7.89. The van der Waals surface area contributed by atoms with E-state index in [2.05, 4.69) is 4.98 Å². The molecular weight excluding hydrogens is 257 g/mol. The van der Waals surface area contributed by atoms with Crippen molar-refractivity contribution in [3.05, 3.63) is 16.1 Å². The number of ketones is 1. The first-order valence-corrected chi connectivity index (χ1v) is 5.62. The molecule has 0 amide bonds. The molecule has 2 rings (SSSR count). The Morgan fingerprint density at radius 1 is 1.53 bits per heavy atom. The minimum Gasteiger partial charge on any atom is -0.379 e. The molecule has 0 saturated carbocycles. The zero-order chi connectivity index (χ0) is 12.6. The van der Waals surface area contributed by atoms with Crippen molar-refractivity contribution in [2.24, 2.45) is 11.7 Å². The maximum Gasteiger partial charge on any atom is 0.443 e. The fourth-order valence-corrected chi connectivity index (χ4v) is 2.33. The molecular formula is C9H9F3N2O2S. The predicted octanol–water partition coefficient (Wildman–Crippen LogP) is 1.32. The van der Waals surface area contributed by atoms with Gasteiger partial charge < -0.3 is 10.5 Å². The fraction of sp³-hybridized carbons (Fsp3) is 0.556. The molecule has 94 valence electrons. The molecule has 2 unspecified atom stereocenters. The van der Waals surface area contributed by atoms with Crippen molar-refractivity contribution in [1.29, 1.82) is 0 Å². The van der Waals surface area contributed by atoms with Gasteiger partial charge in [-0.15, -0.1) is 11.3 Å². The van der Waals surface area contributed by atoms with E-state index in [1.165, 1.54) is 0 Å². The van der Waals surface area contributed by atoms with Crippen LogP contribution in [0.15, 0.2) is 6.20 Å². The molecule has 1 aliphatic rings. The van der Waals surface area contributed by atoms with Crippen molar-refractivity contribution in [3.63, 3.8) is 0 Å². The number of halogens is 3. The van der Waals surface area contributed by atoms with Gasteiger partial charge in [-0.25, -0.2) is 4.98 Å². The van der Waals surface area contributed by atoms with Gasteiger partial charge in [0.15, 0.2) is 10.8 Å². The van der Waals surface area contributed by atoms with Crippen LogP contribution in [0.4, 0.5) is 13.2 Å². The monoisotopic (exact) mass is 266 g/mol. The third-order valence-electron chi connectivity index (χ3n) is 2.45. The van der Waals surface area contributed by atoms with Gasteiger partial charge in [0.2, 0.25) is 0 Å². The Morgan fingerprint density at radius 3 is 2.71 bits per heavy atom. The van der Waals surface area contributed by atoms with Crippen LogP contribution in [0.2, 0.25) is 0 Å². The predicted molar refractivity (Wildman–Crippen MR) is 53.7 cm³/mol. The molecule has 0 bridgehead atoms. The lowest BCUT2D eigenvalue weighted by Crippen LogP contribution is -2.33. The Hall–Kier alpha value is -0.990. The number of ether oxygens (including phenoxy) is 1. The lowest BCUT2D eigenvalue weighted by atomic mass is 9.99. The second kappa shape index (κ2) is 4.35. The van der Waals surface area contributed by atoms with Crippen LogP contribution < -0.4 is 5.73 Å². The summed E-state index contributed by atoms with van der Waals surface area (Å²) in [4.78, 5) is 15.0. The van der Waals surface area contributed by atoms with Crippen LogP contribution >= 0.6 is 11.3 Å². The zero-order valence-corrected chi connectivity index (χ0v) is 9.35. The number of thiazole rings is 1. The minimum absolute atomic E-state index is 0.0247. The average molecular weight is 266 g/mol. The third kappa shape index (κ3) is 2.48. The summed E-state index contributed by atoms with van der Waals surface area (Å²) in [5.41, 5.74) is 5.63. The number of alkyl halides is 3. The van der Waals surface area contributed by atoms with Crippen LogP contribution in [0.1, 0.15) is 14.7 Å². The highest BCUT2D eigenvalue weighted by Crippen LogP contribution is 2.33. The van der Waals surface area contributed by atoms with Crippen molar-refractivity contribution in [2.45, 2.75) is 12.2 Å². The maximum absolute atomic E-state index is 12.3. The zero-order valence-electron chi connectivity index (χ0n) is 8.53. The van der Waals surface area contributed by atoms with E-state index in [-0.39, 0.29) is 18.1 Å². The van der Waals surface area contributed by atoms with Gasteiger partial charge in [0.1, 0.15) is 0 Å². The lowest BCUT2D eigenvalue weighted by Gasteiger charge is -2.09. The molecule has 0 aromatic carbocycles. The molecule has 17 heavy (non-hydrogen) atoms. The molecule has 1 aliphatic heterocycles. The SMILES string of the molecule is NC1COCC1C(=O)c1cnc(C(F)(F)F)s1. The molecule has 0 spiro atoms. The Morgan fingerprint density at radius 2 is 2.24 bits per heavy atom. The minimum atomic E-state index is -4.52. The van der Waals surface area contributed by atoms with Crippen LogP contribution in [0, 0.1) is 5.92 Å². The van der Waals surface area contributed by atoms with Gasteiger partial charge in [0, 0.05) is 12.2 Å². The van der Waals surface area contributed by atoms with Gasteiger partial charge in [-0.2, -0.15) is 13.2 Å². The van der Waals surface area contributed by atoms with Crippen LogP contribution in [0.5, 0.6) is 0 Å². The topological polar surface area (TPSA) is 65.2 Å². The van der Waals surface area contributed by atoms with Crippen molar-refractivity contribution in [3.8, 4) is 0 Å². The van der Waals surface area contributed by atoms with E-state index in [4.69, 9.17) is 10.5 Å². The summed E-state index contributed by atoms with van der Waals surface area (Å²) in [5, 5.41) is -1.02. The second-order valence-corrected chi connectivity index (χ2v) is 4.73. The molecule has 4 nitrogen and oxygen atoms in total. The number of nitrogens with two attached hydrogens (primary N) is 1. The highest BCUT2D eigenvalue weighted by molar-refractivity contribution is 7.13. The molecule has 2 atom stereocenters. The number of rotatable bonds is 2. The Bertz CT molecular complexity index is 432. The van der Waals surface area contributed by atoms with Crippen LogP contribution in [0.3, 0.4) is 0 Å². The summed E-state index contributed by atoms with van der Waals surface area (Å²) in [5.74, 6) is -1.00. The molecule has 1 saturated heterocycles. The number of hydrogen-bond donors (Lipinski definition) is 1. The summed E-state index contributed by atoms with van der Waals surface area (Å²) in [6.07, 6.45) is -3.57. The van der Waals surface area contributed by atoms with Gasteiger partial charge >= 0.3 is 6.18 Å². The number of aromatic nitrogens is 1. The Kier molecular flexibility index (Phi) is 3.19. The van der Waals surface area contributed by atoms with Crippen LogP contribution in [-0.4, -0.2) is 30.0 Å². The molecule has 0 aliphatic carbocycles. The van der Waals surface area contributed by atoms with E-state index in [1.54, 1.807) is 0 Å². The summed E-state index contributed by atoms with van der Waals surface area (Å²) >= 11 is 0.340. The first kappa shape index (κ1) is 12.5. The highest BCUT2D eigenvalue weighted by atomic mass is 32.1. The third-order valence-corrected chi connectivity index (χ3v) is 3.51. The molecule has 2 heterocycles. The normalized spacial score (nSPS) is 25.2. The van der Waals surface area contributed by atoms with Crippen molar-refractivity contribution in [2.75, 3.05) is 13.2 Å². The first-order valence-electron chi connectivity index (χ1n) is 4.80. The number of Topliss-reactive ketones (excluding diaryl/α,β-unsaturated/α-hetero) is 1. The van der Waals surface area contributed by atoms with Gasteiger partial charge in [0.05, 0.1) is 24.0 Å². The number of nitrogens with zero attached hydrogens (tertiary/aromatic N) is 1. The summed E-state index contributed by atoms with van der Waals surface area (Å²) in [6, 6.07) is -0.459. The van der Waals surface area contributed by atoms with Gasteiger partial charge in [-0.05, 0) is 0 Å². The quantitative estimate of drug-likeness (QED) is 0.820. The Labute approximate surface area is 98.6 Å². The van der Waals surface area contributed by atoms with Gasteiger partial charge in [0.25, 0.3) is 0 Å². The highest BCUT2D eigenvalue weighted by Gasteiger charge is 2.37. The van der Waals surface area contributed by atoms with Crippen molar-refractivity contribution >= 4 is 17.1 Å².